The maximum absolute atomic E-state index is 12.3. The molecule has 3 aromatic heterocycles. The van der Waals surface area contributed by atoms with Crippen molar-refractivity contribution in [1.82, 2.24) is 15.2 Å². The van der Waals surface area contributed by atoms with Gasteiger partial charge in [-0.1, -0.05) is 40.8 Å². The fourth-order valence-electron chi connectivity index (χ4n) is 1.99. The third-order valence-corrected chi connectivity index (χ3v) is 6.60. The van der Waals surface area contributed by atoms with E-state index in [9.17, 15) is 4.79 Å². The van der Waals surface area contributed by atoms with Gasteiger partial charge in [0.25, 0.3) is 0 Å². The van der Waals surface area contributed by atoms with Gasteiger partial charge >= 0.3 is 0 Å². The Morgan fingerprint density at radius 1 is 1.35 bits per heavy atom. The summed E-state index contributed by atoms with van der Waals surface area (Å²) in [4.78, 5) is 17.6. The van der Waals surface area contributed by atoms with Crippen molar-refractivity contribution in [1.29, 1.82) is 0 Å². The van der Waals surface area contributed by atoms with Crippen molar-refractivity contribution >= 4 is 62.8 Å². The lowest BCUT2D eigenvalue weighted by atomic mass is 10.3. The normalized spacial score (nSPS) is 11.9. The zero-order valence-corrected chi connectivity index (χ0v) is 17.0. The number of pyridine rings is 1. The number of hydrogen-bond acceptors (Lipinski definition) is 8. The topological polar surface area (TPSA) is 79.8 Å². The highest BCUT2D eigenvalue weighted by Gasteiger charge is 2.18. The quantitative estimate of drug-likeness (QED) is 0.410. The van der Waals surface area contributed by atoms with Gasteiger partial charge in [-0.05, 0) is 36.9 Å². The zero-order valence-electron chi connectivity index (χ0n) is 13.8. The van der Waals surface area contributed by atoms with E-state index in [1.165, 1.54) is 28.0 Å². The van der Waals surface area contributed by atoms with Crippen molar-refractivity contribution in [2.24, 2.45) is 0 Å². The Morgan fingerprint density at radius 2 is 2.23 bits per heavy atom. The first-order valence-electron chi connectivity index (χ1n) is 7.79. The lowest BCUT2D eigenvalue weighted by molar-refractivity contribution is -0.115. The Hall–Kier alpha value is -1.68. The molecule has 0 aromatic carbocycles. The van der Waals surface area contributed by atoms with Crippen molar-refractivity contribution in [3.63, 3.8) is 0 Å². The number of carbonyl (C=O) groups excluding carboxylic acids is 1. The number of carbonyl (C=O) groups is 1. The van der Waals surface area contributed by atoms with Gasteiger partial charge in [-0.15, -0.1) is 21.5 Å². The van der Waals surface area contributed by atoms with Crippen LogP contribution in [0, 0.1) is 0 Å². The maximum atomic E-state index is 12.3. The fraction of sp³-hybridized carbons (Fsp3) is 0.250. The van der Waals surface area contributed by atoms with Crippen LogP contribution >= 0.6 is 46.0 Å². The molecule has 0 fully saturated rings. The largest absolute Gasteiger partial charge is 0.360 e. The maximum Gasteiger partial charge on any atom is 0.237 e. The molecule has 0 saturated heterocycles. The van der Waals surface area contributed by atoms with Crippen LogP contribution in [0.2, 0.25) is 5.15 Å². The first kappa shape index (κ1) is 19.1. The summed E-state index contributed by atoms with van der Waals surface area (Å²) in [5.41, 5.74) is 0.500. The van der Waals surface area contributed by atoms with Crippen LogP contribution in [-0.2, 0) is 11.2 Å². The summed E-state index contributed by atoms with van der Waals surface area (Å²) in [6, 6.07) is 7.59. The van der Waals surface area contributed by atoms with Gasteiger partial charge in [0.15, 0.2) is 9.49 Å². The minimum absolute atomic E-state index is 0.160. The standard InChI is InChI=1S/C16H16ClN5OS3/c1-10(14(23)20-12-5-2-7-18-13(12)17)25-16-22-21-15(26-16)19-8-6-11-4-3-9-24-11/h2-5,7,9-10H,6,8H2,1H3,(H,19,21)(H,20,23). The number of nitrogens with zero attached hydrogens (tertiary/aromatic N) is 3. The van der Waals surface area contributed by atoms with Crippen LogP contribution in [0.4, 0.5) is 10.8 Å². The van der Waals surface area contributed by atoms with Crippen molar-refractivity contribution in [3.8, 4) is 0 Å². The number of thiophene rings is 1. The van der Waals surface area contributed by atoms with Crippen molar-refractivity contribution in [2.75, 3.05) is 17.2 Å². The number of amides is 1. The Bertz CT molecular complexity index is 855. The molecule has 6 nitrogen and oxygen atoms in total. The van der Waals surface area contributed by atoms with Gasteiger partial charge in [-0.3, -0.25) is 4.79 Å². The second kappa shape index (κ2) is 9.31. The molecule has 1 amide bonds. The Labute approximate surface area is 168 Å². The van der Waals surface area contributed by atoms with Crippen LogP contribution in [-0.4, -0.2) is 32.9 Å². The molecule has 0 aliphatic carbocycles. The number of nitrogens with one attached hydrogen (secondary N) is 2. The molecule has 26 heavy (non-hydrogen) atoms. The van der Waals surface area contributed by atoms with E-state index >= 15 is 0 Å². The van der Waals surface area contributed by atoms with Crippen LogP contribution in [0.3, 0.4) is 0 Å². The number of rotatable bonds is 8. The molecule has 0 radical (unpaired) electrons. The molecular weight excluding hydrogens is 410 g/mol. The Kier molecular flexibility index (Phi) is 6.84. The average Bonchev–Trinajstić information content (AvgIpc) is 3.29. The highest BCUT2D eigenvalue weighted by atomic mass is 35.5. The van der Waals surface area contributed by atoms with E-state index in [1.807, 2.05) is 13.0 Å². The van der Waals surface area contributed by atoms with E-state index in [4.69, 9.17) is 11.6 Å². The van der Waals surface area contributed by atoms with Crippen LogP contribution in [0.15, 0.2) is 40.2 Å². The highest BCUT2D eigenvalue weighted by Crippen LogP contribution is 2.30. The van der Waals surface area contributed by atoms with Gasteiger partial charge in [0, 0.05) is 17.6 Å². The third-order valence-electron chi connectivity index (χ3n) is 3.30. The summed E-state index contributed by atoms with van der Waals surface area (Å²) in [6.45, 7) is 2.62. The number of aromatic nitrogens is 3. The summed E-state index contributed by atoms with van der Waals surface area (Å²) in [5, 5.41) is 17.1. The number of halogens is 1. The summed E-state index contributed by atoms with van der Waals surface area (Å²) in [6.07, 6.45) is 2.52. The molecule has 3 heterocycles. The van der Waals surface area contributed by atoms with Crippen molar-refractivity contribution in [2.45, 2.75) is 22.9 Å². The molecule has 10 heteroatoms. The molecule has 0 spiro atoms. The number of hydrogen-bond donors (Lipinski definition) is 2. The van der Waals surface area contributed by atoms with Crippen LogP contribution in [0.5, 0.6) is 0 Å². The summed E-state index contributed by atoms with van der Waals surface area (Å²) in [7, 11) is 0. The third kappa shape index (κ3) is 5.41. The fourth-order valence-corrected chi connectivity index (χ4v) is 4.79. The second-order valence-electron chi connectivity index (χ2n) is 5.22. The Balaban J connectivity index is 1.48. The van der Waals surface area contributed by atoms with E-state index in [0.717, 1.165) is 22.4 Å². The van der Waals surface area contributed by atoms with Crippen LogP contribution in [0.1, 0.15) is 11.8 Å². The molecule has 3 rings (SSSR count). The van der Waals surface area contributed by atoms with Gasteiger partial charge < -0.3 is 10.6 Å². The zero-order chi connectivity index (χ0) is 18.4. The van der Waals surface area contributed by atoms with Crippen molar-refractivity contribution in [3.05, 3.63) is 45.9 Å². The molecule has 1 atom stereocenters. The molecular formula is C16H16ClN5OS3. The van der Waals surface area contributed by atoms with Gasteiger partial charge in [0.05, 0.1) is 10.9 Å². The molecule has 2 N–H and O–H groups in total. The minimum Gasteiger partial charge on any atom is -0.360 e. The lowest BCUT2D eigenvalue weighted by Crippen LogP contribution is -2.22. The Morgan fingerprint density at radius 3 is 3.00 bits per heavy atom. The van der Waals surface area contributed by atoms with E-state index in [0.29, 0.717) is 5.69 Å². The van der Waals surface area contributed by atoms with E-state index in [1.54, 1.807) is 29.7 Å². The molecule has 3 aromatic rings. The summed E-state index contributed by atoms with van der Waals surface area (Å²) < 4.78 is 0.739. The van der Waals surface area contributed by atoms with Gasteiger partial charge in [-0.2, -0.15) is 0 Å². The summed E-state index contributed by atoms with van der Waals surface area (Å²) >= 11 is 10.5. The SMILES string of the molecule is CC(Sc1nnc(NCCc2cccs2)s1)C(=O)Nc1cccnc1Cl. The molecule has 0 bridgehead atoms. The van der Waals surface area contributed by atoms with Crippen LogP contribution < -0.4 is 10.6 Å². The van der Waals surface area contributed by atoms with Gasteiger partial charge in [0.1, 0.15) is 0 Å². The first-order chi connectivity index (χ1) is 12.6. The predicted molar refractivity (Wildman–Crippen MR) is 110 cm³/mol. The number of anilines is 2. The highest BCUT2D eigenvalue weighted by molar-refractivity contribution is 8.02. The molecule has 136 valence electrons. The molecule has 0 aliphatic rings. The van der Waals surface area contributed by atoms with Crippen molar-refractivity contribution < 1.29 is 4.79 Å². The van der Waals surface area contributed by atoms with Gasteiger partial charge in [0.2, 0.25) is 11.0 Å². The predicted octanol–water partition coefficient (Wildman–Crippen LogP) is 4.42. The lowest BCUT2D eigenvalue weighted by Gasteiger charge is -2.10. The molecule has 0 saturated carbocycles. The number of thioether (sulfide) groups is 1. The van der Waals surface area contributed by atoms with Gasteiger partial charge in [-0.25, -0.2) is 4.98 Å². The molecule has 0 aliphatic heterocycles. The van der Waals surface area contributed by atoms with E-state index < -0.39 is 0 Å². The average molecular weight is 426 g/mol. The second-order valence-corrected chi connectivity index (χ2v) is 9.18. The smallest absolute Gasteiger partial charge is 0.237 e. The van der Waals surface area contributed by atoms with E-state index in [2.05, 4.69) is 37.3 Å². The monoisotopic (exact) mass is 425 g/mol. The minimum atomic E-state index is -0.335. The summed E-state index contributed by atoms with van der Waals surface area (Å²) in [5.74, 6) is -0.160. The molecule has 1 unspecified atom stereocenters. The first-order valence-corrected chi connectivity index (χ1v) is 10.7. The van der Waals surface area contributed by atoms with Crippen LogP contribution in [0.25, 0.3) is 0 Å². The van der Waals surface area contributed by atoms with E-state index in [-0.39, 0.29) is 16.3 Å².